The van der Waals surface area contributed by atoms with Gasteiger partial charge in [-0.3, -0.25) is 19.8 Å². The first-order chi connectivity index (χ1) is 7.82. The van der Waals surface area contributed by atoms with Gasteiger partial charge in [0.05, 0.1) is 0 Å². The zero-order chi connectivity index (χ0) is 13.1. The normalized spacial score (nSPS) is 17.6. The fraction of sp³-hybridized carbons (Fsp3) is 0.667. The van der Waals surface area contributed by atoms with Crippen molar-refractivity contribution in [3.63, 3.8) is 0 Å². The van der Waals surface area contributed by atoms with E-state index >= 15 is 0 Å². The van der Waals surface area contributed by atoms with Gasteiger partial charge >= 0.3 is 6.03 Å². The molecular weight excluding hydrogens is 290 g/mol. The molecule has 0 radical (unpaired) electrons. The molecule has 1 fully saturated rings. The summed E-state index contributed by atoms with van der Waals surface area (Å²) in [6.07, 6.45) is 2.60. The van der Waals surface area contributed by atoms with Crippen molar-refractivity contribution >= 4 is 52.6 Å². The van der Waals surface area contributed by atoms with Gasteiger partial charge in [-0.1, -0.05) is 41.2 Å². The SMILES string of the molecule is O=C1CCCCCN1C(=O)NC(=O)C(Cl)(Cl)Cl. The molecule has 17 heavy (non-hydrogen) atoms. The van der Waals surface area contributed by atoms with Crippen LogP contribution in [0.1, 0.15) is 25.7 Å². The molecule has 1 saturated heterocycles. The van der Waals surface area contributed by atoms with E-state index in [4.69, 9.17) is 34.8 Å². The molecule has 1 heterocycles. The van der Waals surface area contributed by atoms with E-state index < -0.39 is 15.7 Å². The Bertz CT molecular complexity index is 341. The number of urea groups is 1. The number of nitrogens with zero attached hydrogens (tertiary/aromatic N) is 1. The van der Waals surface area contributed by atoms with Crippen LogP contribution in [0.15, 0.2) is 0 Å². The summed E-state index contributed by atoms with van der Waals surface area (Å²) in [7, 11) is 0. The number of alkyl halides is 3. The Morgan fingerprint density at radius 1 is 1.18 bits per heavy atom. The van der Waals surface area contributed by atoms with Gasteiger partial charge in [0.15, 0.2) is 0 Å². The first-order valence-corrected chi connectivity index (χ1v) is 6.18. The number of halogens is 3. The molecule has 0 spiro atoms. The van der Waals surface area contributed by atoms with Crippen molar-refractivity contribution in [2.24, 2.45) is 0 Å². The molecule has 0 atom stereocenters. The van der Waals surface area contributed by atoms with Gasteiger partial charge in [0.1, 0.15) is 0 Å². The van der Waals surface area contributed by atoms with E-state index in [0.717, 1.165) is 17.7 Å². The molecule has 0 aliphatic carbocycles. The highest BCUT2D eigenvalue weighted by Gasteiger charge is 2.34. The highest BCUT2D eigenvalue weighted by atomic mass is 35.6. The van der Waals surface area contributed by atoms with E-state index in [1.54, 1.807) is 0 Å². The van der Waals surface area contributed by atoms with Crippen molar-refractivity contribution in [3.8, 4) is 0 Å². The maximum absolute atomic E-state index is 11.6. The van der Waals surface area contributed by atoms with Crippen molar-refractivity contribution < 1.29 is 14.4 Å². The minimum absolute atomic E-state index is 0.276. The van der Waals surface area contributed by atoms with Crippen LogP contribution >= 0.6 is 34.8 Å². The topological polar surface area (TPSA) is 66.5 Å². The highest BCUT2D eigenvalue weighted by molar-refractivity contribution is 6.76. The molecular formula is C9H11Cl3N2O3. The third kappa shape index (κ3) is 4.33. The Morgan fingerprint density at radius 2 is 1.82 bits per heavy atom. The predicted molar refractivity (Wildman–Crippen MR) is 64.0 cm³/mol. The average Bonchev–Trinajstić information content (AvgIpc) is 2.41. The van der Waals surface area contributed by atoms with Gasteiger partial charge in [-0.05, 0) is 12.8 Å². The molecule has 8 heteroatoms. The monoisotopic (exact) mass is 300 g/mol. The molecule has 0 unspecified atom stereocenters. The average molecular weight is 302 g/mol. The molecule has 0 bridgehead atoms. The van der Waals surface area contributed by atoms with Crippen molar-refractivity contribution in [3.05, 3.63) is 0 Å². The van der Waals surface area contributed by atoms with Gasteiger partial charge in [0.25, 0.3) is 9.70 Å². The molecule has 96 valence electrons. The van der Waals surface area contributed by atoms with E-state index in [9.17, 15) is 14.4 Å². The van der Waals surface area contributed by atoms with Crippen molar-refractivity contribution in [1.82, 2.24) is 10.2 Å². The molecule has 0 aromatic heterocycles. The lowest BCUT2D eigenvalue weighted by atomic mass is 10.2. The molecule has 5 nitrogen and oxygen atoms in total. The summed E-state index contributed by atoms with van der Waals surface area (Å²) in [5.41, 5.74) is 0. The minimum atomic E-state index is -2.22. The summed E-state index contributed by atoms with van der Waals surface area (Å²) in [6, 6.07) is -0.840. The standard InChI is InChI=1S/C9H11Cl3N2O3/c10-9(11,12)7(16)13-8(17)14-5-3-1-2-4-6(14)15/h1-5H2,(H,13,16,17). The van der Waals surface area contributed by atoms with Gasteiger partial charge in [0.2, 0.25) is 5.91 Å². The summed E-state index contributed by atoms with van der Waals surface area (Å²) in [4.78, 5) is 35.4. The Hall–Kier alpha value is -0.520. The Morgan fingerprint density at radius 3 is 2.41 bits per heavy atom. The lowest BCUT2D eigenvalue weighted by Gasteiger charge is -2.19. The van der Waals surface area contributed by atoms with Gasteiger partial charge in [-0.15, -0.1) is 0 Å². The largest absolute Gasteiger partial charge is 0.330 e. The van der Waals surface area contributed by atoms with Crippen LogP contribution in [0.2, 0.25) is 0 Å². The van der Waals surface area contributed by atoms with Crippen LogP contribution in [-0.4, -0.2) is 33.1 Å². The molecule has 0 aromatic rings. The smallest absolute Gasteiger partial charge is 0.274 e. The highest BCUT2D eigenvalue weighted by Crippen LogP contribution is 2.25. The van der Waals surface area contributed by atoms with Crippen LogP contribution in [0.5, 0.6) is 0 Å². The number of hydrogen-bond donors (Lipinski definition) is 1. The zero-order valence-electron chi connectivity index (χ0n) is 8.84. The molecule has 1 rings (SSSR count). The third-order valence-corrected chi connectivity index (χ3v) is 2.81. The number of nitrogens with one attached hydrogen (secondary N) is 1. The fourth-order valence-corrected chi connectivity index (χ4v) is 1.57. The molecule has 4 amide bonds. The minimum Gasteiger partial charge on any atom is -0.274 e. The maximum atomic E-state index is 11.6. The molecule has 1 N–H and O–H groups in total. The molecule has 0 saturated carbocycles. The van der Waals surface area contributed by atoms with Crippen LogP contribution in [0.4, 0.5) is 4.79 Å². The number of likely N-dealkylation sites (tertiary alicyclic amines) is 1. The van der Waals surface area contributed by atoms with Crippen LogP contribution < -0.4 is 5.32 Å². The first kappa shape index (κ1) is 14.5. The second kappa shape index (κ2) is 5.89. The summed E-state index contributed by atoms with van der Waals surface area (Å²) in [5.74, 6) is -1.39. The quantitative estimate of drug-likeness (QED) is 0.696. The zero-order valence-corrected chi connectivity index (χ0v) is 11.1. The van der Waals surface area contributed by atoms with Gasteiger partial charge in [-0.25, -0.2) is 4.79 Å². The van der Waals surface area contributed by atoms with Gasteiger partial charge < -0.3 is 0 Å². The Labute approximate surface area is 113 Å². The van der Waals surface area contributed by atoms with Crippen LogP contribution in [0.3, 0.4) is 0 Å². The number of rotatable bonds is 0. The lowest BCUT2D eigenvalue weighted by molar-refractivity contribution is -0.128. The third-order valence-electron chi connectivity index (χ3n) is 2.30. The molecule has 1 aliphatic rings. The summed E-state index contributed by atoms with van der Waals surface area (Å²) in [6.45, 7) is 0.276. The fourth-order valence-electron chi connectivity index (χ4n) is 1.43. The van der Waals surface area contributed by atoms with Crippen molar-refractivity contribution in [2.75, 3.05) is 6.54 Å². The number of imide groups is 2. The van der Waals surface area contributed by atoms with E-state index in [0.29, 0.717) is 6.42 Å². The Kier molecular flexibility index (Phi) is 5.04. The number of carbonyl (C=O) groups is 3. The van der Waals surface area contributed by atoms with Crippen LogP contribution in [-0.2, 0) is 9.59 Å². The van der Waals surface area contributed by atoms with Crippen LogP contribution in [0.25, 0.3) is 0 Å². The lowest BCUT2D eigenvalue weighted by Crippen LogP contribution is -2.48. The summed E-state index contributed by atoms with van der Waals surface area (Å²) in [5, 5.41) is 1.88. The van der Waals surface area contributed by atoms with E-state index in [1.165, 1.54) is 0 Å². The second-order valence-corrected chi connectivity index (χ2v) is 5.89. The summed E-state index contributed by atoms with van der Waals surface area (Å²) >= 11 is 15.9. The second-order valence-electron chi connectivity index (χ2n) is 3.61. The first-order valence-electron chi connectivity index (χ1n) is 5.05. The number of amides is 4. The van der Waals surface area contributed by atoms with E-state index in [2.05, 4.69) is 0 Å². The van der Waals surface area contributed by atoms with Gasteiger partial charge in [0, 0.05) is 13.0 Å². The summed E-state index contributed by atoms with van der Waals surface area (Å²) < 4.78 is -2.22. The molecule has 0 aromatic carbocycles. The van der Waals surface area contributed by atoms with Crippen molar-refractivity contribution in [2.45, 2.75) is 29.5 Å². The van der Waals surface area contributed by atoms with Crippen molar-refractivity contribution in [1.29, 1.82) is 0 Å². The Balaban J connectivity index is 2.63. The number of carbonyl (C=O) groups excluding carboxylic acids is 3. The predicted octanol–water partition coefficient (Wildman–Crippen LogP) is 2.00. The van der Waals surface area contributed by atoms with E-state index in [1.807, 2.05) is 5.32 Å². The van der Waals surface area contributed by atoms with E-state index in [-0.39, 0.29) is 18.9 Å². The van der Waals surface area contributed by atoms with Gasteiger partial charge in [-0.2, -0.15) is 0 Å². The number of hydrogen-bond acceptors (Lipinski definition) is 3. The molecule has 1 aliphatic heterocycles. The van der Waals surface area contributed by atoms with Crippen LogP contribution in [0, 0.1) is 0 Å². The maximum Gasteiger partial charge on any atom is 0.330 e.